The van der Waals surface area contributed by atoms with Gasteiger partial charge < -0.3 is 20.3 Å². The van der Waals surface area contributed by atoms with Crippen LogP contribution in [0.4, 0.5) is 11.6 Å². The number of ether oxygens (including phenoxy) is 1. The third kappa shape index (κ3) is 8.04. The summed E-state index contributed by atoms with van der Waals surface area (Å²) in [6, 6.07) is 15.8. The Morgan fingerprint density at radius 3 is 2.21 bits per heavy atom. The molecule has 4 rings (SSSR count). The van der Waals surface area contributed by atoms with Crippen LogP contribution in [0, 0.1) is 0 Å². The Kier molecular flexibility index (Phi) is 9.79. The minimum Gasteiger partial charge on any atom is -0.459 e. The first-order valence-corrected chi connectivity index (χ1v) is 15.3. The molecule has 0 radical (unpaired) electrons. The number of piperidine rings is 1. The van der Waals surface area contributed by atoms with Gasteiger partial charge in [0.2, 0.25) is 16.0 Å². The maximum Gasteiger partial charge on any atom is 0.326 e. The first-order valence-electron chi connectivity index (χ1n) is 13.9. The number of rotatable bonds is 10. The molecule has 0 spiro atoms. The van der Waals surface area contributed by atoms with E-state index >= 15 is 0 Å². The Balaban J connectivity index is 1.38. The SMILES string of the molecule is CN(C(CNC(=O)c1ccc(N2CCC(Nc3ncccn3)CC2)cc1)C(=O)OC(C)(C)C)S(=O)(=O)c1ccccc1. The number of amides is 1. The molecule has 1 atom stereocenters. The first kappa shape index (κ1) is 30.9. The minimum absolute atomic E-state index is 0.0381. The third-order valence-electron chi connectivity index (χ3n) is 6.88. The fourth-order valence-electron chi connectivity index (χ4n) is 4.61. The van der Waals surface area contributed by atoms with E-state index in [2.05, 4.69) is 25.5 Å². The van der Waals surface area contributed by atoms with E-state index in [-0.39, 0.29) is 17.5 Å². The summed E-state index contributed by atoms with van der Waals surface area (Å²) < 4.78 is 32.9. The molecule has 1 amide bonds. The average molecular weight is 595 g/mol. The molecule has 3 aromatic rings. The summed E-state index contributed by atoms with van der Waals surface area (Å²) in [6.07, 6.45) is 5.27. The van der Waals surface area contributed by atoms with Crippen molar-refractivity contribution >= 4 is 33.5 Å². The van der Waals surface area contributed by atoms with Gasteiger partial charge in [0.25, 0.3) is 5.91 Å². The lowest BCUT2D eigenvalue weighted by Gasteiger charge is -2.34. The quantitative estimate of drug-likeness (QED) is 0.339. The third-order valence-corrected chi connectivity index (χ3v) is 8.76. The number of aromatic nitrogens is 2. The zero-order valence-electron chi connectivity index (χ0n) is 24.4. The Labute approximate surface area is 247 Å². The van der Waals surface area contributed by atoms with Gasteiger partial charge in [-0.05, 0) is 76.1 Å². The highest BCUT2D eigenvalue weighted by Crippen LogP contribution is 2.23. The second-order valence-electron chi connectivity index (χ2n) is 11.1. The van der Waals surface area contributed by atoms with Crippen LogP contribution in [-0.2, 0) is 19.6 Å². The second-order valence-corrected chi connectivity index (χ2v) is 13.1. The lowest BCUT2D eigenvalue weighted by molar-refractivity contribution is -0.159. The molecule has 2 aromatic carbocycles. The number of carbonyl (C=O) groups is 2. The maximum atomic E-state index is 13.2. The largest absolute Gasteiger partial charge is 0.459 e. The van der Waals surface area contributed by atoms with Gasteiger partial charge in [0.15, 0.2) is 0 Å². The zero-order valence-corrected chi connectivity index (χ0v) is 25.2. The Morgan fingerprint density at radius 1 is 1.00 bits per heavy atom. The number of nitrogens with zero attached hydrogens (tertiary/aromatic N) is 4. The number of sulfonamides is 1. The predicted molar refractivity (Wildman–Crippen MR) is 161 cm³/mol. The van der Waals surface area contributed by atoms with E-state index < -0.39 is 33.5 Å². The second kappa shape index (κ2) is 13.3. The molecule has 0 saturated carbocycles. The highest BCUT2D eigenvalue weighted by molar-refractivity contribution is 7.89. The van der Waals surface area contributed by atoms with Crippen molar-refractivity contribution in [3.8, 4) is 0 Å². The molecule has 42 heavy (non-hydrogen) atoms. The van der Waals surface area contributed by atoms with Crippen molar-refractivity contribution in [1.82, 2.24) is 19.6 Å². The summed E-state index contributed by atoms with van der Waals surface area (Å²) in [5, 5.41) is 6.09. The summed E-state index contributed by atoms with van der Waals surface area (Å²) in [5.41, 5.74) is 0.557. The van der Waals surface area contributed by atoms with Crippen molar-refractivity contribution in [3.63, 3.8) is 0 Å². The number of nitrogens with one attached hydrogen (secondary N) is 2. The van der Waals surface area contributed by atoms with Gasteiger partial charge in [-0.25, -0.2) is 18.4 Å². The van der Waals surface area contributed by atoms with E-state index in [4.69, 9.17) is 4.74 Å². The summed E-state index contributed by atoms with van der Waals surface area (Å²) in [5.74, 6) is -0.549. The molecule has 0 bridgehead atoms. The highest BCUT2D eigenvalue weighted by atomic mass is 32.2. The summed E-state index contributed by atoms with van der Waals surface area (Å²) >= 11 is 0. The van der Waals surface area contributed by atoms with Gasteiger partial charge >= 0.3 is 5.97 Å². The molecule has 2 heterocycles. The van der Waals surface area contributed by atoms with Gasteiger partial charge in [0.1, 0.15) is 11.6 Å². The smallest absolute Gasteiger partial charge is 0.326 e. The molecule has 12 heteroatoms. The molecule has 0 aliphatic carbocycles. The van der Waals surface area contributed by atoms with Crippen LogP contribution in [0.5, 0.6) is 0 Å². The van der Waals surface area contributed by atoms with Crippen molar-refractivity contribution in [3.05, 3.63) is 78.6 Å². The van der Waals surface area contributed by atoms with Crippen molar-refractivity contribution in [2.45, 2.75) is 56.2 Å². The van der Waals surface area contributed by atoms with Crippen molar-refractivity contribution in [1.29, 1.82) is 0 Å². The molecule has 1 aliphatic rings. The molecular formula is C30H38N6O5S. The fourth-order valence-corrected chi connectivity index (χ4v) is 5.94. The van der Waals surface area contributed by atoms with Gasteiger partial charge in [0.05, 0.1) is 4.90 Å². The first-order chi connectivity index (χ1) is 19.9. The lowest BCUT2D eigenvalue weighted by atomic mass is 10.0. The van der Waals surface area contributed by atoms with Crippen molar-refractivity contribution in [2.24, 2.45) is 0 Å². The number of benzene rings is 2. The Morgan fingerprint density at radius 2 is 1.62 bits per heavy atom. The minimum atomic E-state index is -4.03. The lowest BCUT2D eigenvalue weighted by Crippen LogP contribution is -2.51. The molecule has 1 unspecified atom stereocenters. The number of carbonyl (C=O) groups excluding carboxylic acids is 2. The van der Waals surface area contributed by atoms with Gasteiger partial charge in [0, 0.05) is 56.4 Å². The summed E-state index contributed by atoms with van der Waals surface area (Å²) in [6.45, 7) is 6.52. The standard InChI is InChI=1S/C30H38N6O5S/c1-30(2,3)41-28(38)26(35(4)42(39,40)25-9-6-5-7-10-25)21-33-27(37)22-11-13-24(14-12-22)36-19-15-23(16-20-36)34-29-31-17-8-18-32-29/h5-14,17-18,23,26H,15-16,19-21H2,1-4H3,(H,33,37)(H,31,32,34). The Bertz CT molecular complexity index is 1440. The van der Waals surface area contributed by atoms with E-state index in [1.807, 2.05) is 12.1 Å². The molecular weight excluding hydrogens is 556 g/mol. The van der Waals surface area contributed by atoms with Crippen LogP contribution in [0.3, 0.4) is 0 Å². The van der Waals surface area contributed by atoms with Crippen molar-refractivity contribution < 1.29 is 22.7 Å². The molecule has 1 saturated heterocycles. The topological polar surface area (TPSA) is 134 Å². The van der Waals surface area contributed by atoms with E-state index in [1.54, 1.807) is 69.6 Å². The van der Waals surface area contributed by atoms with Crippen LogP contribution in [0.1, 0.15) is 44.0 Å². The van der Waals surface area contributed by atoms with Crippen LogP contribution >= 0.6 is 0 Å². The predicted octanol–water partition coefficient (Wildman–Crippen LogP) is 3.32. The fraction of sp³-hybridized carbons (Fsp3) is 0.400. The van der Waals surface area contributed by atoms with Gasteiger partial charge in [-0.3, -0.25) is 9.59 Å². The van der Waals surface area contributed by atoms with Gasteiger partial charge in [-0.2, -0.15) is 4.31 Å². The van der Waals surface area contributed by atoms with Crippen molar-refractivity contribution in [2.75, 3.05) is 36.9 Å². The molecule has 224 valence electrons. The van der Waals surface area contributed by atoms with Crippen LogP contribution in [0.25, 0.3) is 0 Å². The average Bonchev–Trinajstić information content (AvgIpc) is 2.97. The van der Waals surface area contributed by atoms with E-state index in [0.717, 1.165) is 35.9 Å². The molecule has 2 N–H and O–H groups in total. The summed E-state index contributed by atoms with van der Waals surface area (Å²) in [4.78, 5) is 36.9. The highest BCUT2D eigenvalue weighted by Gasteiger charge is 2.36. The van der Waals surface area contributed by atoms with Gasteiger partial charge in [-0.15, -0.1) is 0 Å². The number of likely N-dealkylation sites (N-methyl/N-ethyl adjacent to an activating group) is 1. The normalized spacial score (nSPS) is 15.2. The van der Waals surface area contributed by atoms with Crippen LogP contribution in [0.15, 0.2) is 78.0 Å². The molecule has 1 aliphatic heterocycles. The number of hydrogen-bond acceptors (Lipinski definition) is 9. The molecule has 1 aromatic heterocycles. The number of hydrogen-bond donors (Lipinski definition) is 2. The number of anilines is 2. The van der Waals surface area contributed by atoms with E-state index in [0.29, 0.717) is 11.5 Å². The van der Waals surface area contributed by atoms with E-state index in [9.17, 15) is 18.0 Å². The van der Waals surface area contributed by atoms with Crippen LogP contribution < -0.4 is 15.5 Å². The van der Waals surface area contributed by atoms with Crippen LogP contribution in [0.2, 0.25) is 0 Å². The summed E-state index contributed by atoms with van der Waals surface area (Å²) in [7, 11) is -2.72. The Hall–Kier alpha value is -4.03. The monoisotopic (exact) mass is 594 g/mol. The van der Waals surface area contributed by atoms with Gasteiger partial charge in [-0.1, -0.05) is 18.2 Å². The maximum absolute atomic E-state index is 13.2. The molecule has 11 nitrogen and oxygen atoms in total. The zero-order chi connectivity index (χ0) is 30.3. The van der Waals surface area contributed by atoms with E-state index in [1.165, 1.54) is 19.2 Å². The molecule has 1 fully saturated rings. The number of esters is 1. The van der Waals surface area contributed by atoms with Crippen LogP contribution in [-0.4, -0.2) is 78.9 Å².